The lowest BCUT2D eigenvalue weighted by Gasteiger charge is -2.29. The van der Waals surface area contributed by atoms with Gasteiger partial charge in [0.05, 0.1) is 0 Å². The fourth-order valence-electron chi connectivity index (χ4n) is 3.85. The van der Waals surface area contributed by atoms with Crippen molar-refractivity contribution < 1.29 is 4.79 Å². The Bertz CT molecular complexity index is 830. The summed E-state index contributed by atoms with van der Waals surface area (Å²) in [6, 6.07) is 12.2. The summed E-state index contributed by atoms with van der Waals surface area (Å²) in [5.74, 6) is 0. The van der Waals surface area contributed by atoms with Gasteiger partial charge < -0.3 is 15.1 Å². The summed E-state index contributed by atoms with van der Waals surface area (Å²) in [6.45, 7) is 5.64. The second-order valence-corrected chi connectivity index (χ2v) is 7.64. The van der Waals surface area contributed by atoms with Crippen LogP contribution in [-0.4, -0.2) is 30.6 Å². The van der Waals surface area contributed by atoms with Crippen molar-refractivity contribution in [3.05, 3.63) is 58.1 Å². The van der Waals surface area contributed by atoms with E-state index in [9.17, 15) is 4.79 Å². The van der Waals surface area contributed by atoms with Crippen molar-refractivity contribution in [2.24, 2.45) is 0 Å². The number of hydrogen-bond acceptors (Lipinski definition) is 2. The van der Waals surface area contributed by atoms with E-state index in [0.717, 1.165) is 47.9 Å². The van der Waals surface area contributed by atoms with Crippen molar-refractivity contribution in [2.45, 2.75) is 32.7 Å². The topological polar surface area (TPSA) is 35.6 Å². The Hall–Kier alpha value is -2.20. The number of fused-ring (bicyclic) bond motifs is 1. The number of nitrogens with zero attached hydrogens (tertiary/aromatic N) is 2. The summed E-state index contributed by atoms with van der Waals surface area (Å²) < 4.78 is 0. The number of urea groups is 1. The van der Waals surface area contributed by atoms with Crippen LogP contribution in [0.2, 0.25) is 5.02 Å². The van der Waals surface area contributed by atoms with Gasteiger partial charge >= 0.3 is 6.03 Å². The highest BCUT2D eigenvalue weighted by atomic mass is 35.5. The summed E-state index contributed by atoms with van der Waals surface area (Å²) in [7, 11) is 0. The minimum Gasteiger partial charge on any atom is -0.372 e. The summed E-state index contributed by atoms with van der Waals surface area (Å²) in [6.07, 6.45) is 3.39. The molecule has 0 unspecified atom stereocenters. The maximum absolute atomic E-state index is 12.7. The second kappa shape index (κ2) is 7.20. The number of carbonyl (C=O) groups excluding carboxylic acids is 1. The number of aryl methyl sites for hydroxylation is 1. The molecule has 26 heavy (non-hydrogen) atoms. The monoisotopic (exact) mass is 369 g/mol. The van der Waals surface area contributed by atoms with Crippen LogP contribution in [0, 0.1) is 6.92 Å². The molecule has 0 aliphatic carbocycles. The minimum absolute atomic E-state index is 0.0485. The molecule has 0 bridgehead atoms. The molecule has 1 N–H and O–H groups in total. The van der Waals surface area contributed by atoms with E-state index >= 15 is 0 Å². The van der Waals surface area contributed by atoms with Crippen molar-refractivity contribution >= 4 is 29.0 Å². The summed E-state index contributed by atoms with van der Waals surface area (Å²) >= 11 is 6.10. The van der Waals surface area contributed by atoms with Crippen LogP contribution < -0.4 is 10.2 Å². The van der Waals surface area contributed by atoms with Crippen LogP contribution in [0.25, 0.3) is 0 Å². The maximum atomic E-state index is 12.7. The number of hydrogen-bond donors (Lipinski definition) is 1. The first-order valence-electron chi connectivity index (χ1n) is 9.29. The first kappa shape index (κ1) is 17.2. The predicted molar refractivity (Wildman–Crippen MR) is 107 cm³/mol. The lowest BCUT2D eigenvalue weighted by molar-refractivity contribution is 0.206. The molecule has 2 amide bonds. The lowest BCUT2D eigenvalue weighted by Crippen LogP contribution is -2.39. The molecule has 0 spiro atoms. The molecule has 0 atom stereocenters. The average molecular weight is 370 g/mol. The maximum Gasteiger partial charge on any atom is 0.322 e. The second-order valence-electron chi connectivity index (χ2n) is 7.21. The number of nitrogens with one attached hydrogen (secondary N) is 1. The quantitative estimate of drug-likeness (QED) is 0.822. The summed E-state index contributed by atoms with van der Waals surface area (Å²) in [4.78, 5) is 17.0. The highest BCUT2D eigenvalue weighted by Gasteiger charge is 2.21. The van der Waals surface area contributed by atoms with Gasteiger partial charge in [0.15, 0.2) is 0 Å². The van der Waals surface area contributed by atoms with Crippen LogP contribution in [0.4, 0.5) is 16.2 Å². The molecule has 2 aromatic rings. The summed E-state index contributed by atoms with van der Waals surface area (Å²) in [5.41, 5.74) is 5.65. The fraction of sp³-hybridized carbons (Fsp3) is 0.381. The average Bonchev–Trinajstić information content (AvgIpc) is 3.17. The van der Waals surface area contributed by atoms with Gasteiger partial charge in [-0.2, -0.15) is 0 Å². The highest BCUT2D eigenvalue weighted by molar-refractivity contribution is 6.30. The molecule has 1 saturated heterocycles. The predicted octanol–water partition coefficient (Wildman–Crippen LogP) is 4.84. The molecule has 1 fully saturated rings. The molecule has 2 aromatic carbocycles. The van der Waals surface area contributed by atoms with E-state index < -0.39 is 0 Å². The number of carbonyl (C=O) groups is 1. The number of amides is 2. The Morgan fingerprint density at radius 1 is 1.04 bits per heavy atom. The third-order valence-electron chi connectivity index (χ3n) is 5.39. The molecular formula is C21H24ClN3O. The fourth-order valence-corrected chi connectivity index (χ4v) is 4.05. The van der Waals surface area contributed by atoms with Crippen molar-refractivity contribution in [3.8, 4) is 0 Å². The van der Waals surface area contributed by atoms with Gasteiger partial charge in [-0.15, -0.1) is 0 Å². The normalized spacial score (nSPS) is 16.5. The molecule has 0 aromatic heterocycles. The van der Waals surface area contributed by atoms with Gasteiger partial charge in [0.25, 0.3) is 0 Å². The highest BCUT2D eigenvalue weighted by Crippen LogP contribution is 2.27. The van der Waals surface area contributed by atoms with Crippen molar-refractivity contribution in [2.75, 3.05) is 29.9 Å². The number of rotatable bonds is 2. The summed E-state index contributed by atoms with van der Waals surface area (Å²) in [5, 5.41) is 3.80. The van der Waals surface area contributed by atoms with Crippen LogP contribution in [0.3, 0.4) is 0 Å². The zero-order valence-corrected chi connectivity index (χ0v) is 15.9. The van der Waals surface area contributed by atoms with E-state index in [0.29, 0.717) is 6.54 Å². The largest absolute Gasteiger partial charge is 0.372 e. The van der Waals surface area contributed by atoms with E-state index in [4.69, 9.17) is 11.6 Å². The zero-order valence-electron chi connectivity index (χ0n) is 15.1. The van der Waals surface area contributed by atoms with E-state index in [-0.39, 0.29) is 6.03 Å². The molecule has 0 saturated carbocycles. The lowest BCUT2D eigenvalue weighted by atomic mass is 10.0. The van der Waals surface area contributed by atoms with E-state index in [2.05, 4.69) is 35.3 Å². The van der Waals surface area contributed by atoms with E-state index in [1.165, 1.54) is 24.1 Å². The van der Waals surface area contributed by atoms with Crippen LogP contribution in [0.15, 0.2) is 36.4 Å². The minimum atomic E-state index is -0.0485. The van der Waals surface area contributed by atoms with Gasteiger partial charge in [-0.05, 0) is 73.2 Å². The Kier molecular flexibility index (Phi) is 4.77. The number of benzene rings is 2. The standard InChI is InChI=1S/C21H24ClN3O/c1-15-12-19(24-9-2-3-10-24)6-7-20(15)23-21(26)25-11-8-16-4-5-18(22)13-17(16)14-25/h4-7,12-13H,2-3,8-11,14H2,1H3,(H,23,26). The van der Waals surface area contributed by atoms with Gasteiger partial charge in [0, 0.05) is 42.6 Å². The van der Waals surface area contributed by atoms with Crippen molar-refractivity contribution in [3.63, 3.8) is 0 Å². The Labute approximate surface area is 159 Å². The van der Waals surface area contributed by atoms with Crippen LogP contribution in [0.5, 0.6) is 0 Å². The molecule has 2 aliphatic heterocycles. The van der Waals surface area contributed by atoms with Gasteiger partial charge in [0.2, 0.25) is 0 Å². The smallest absolute Gasteiger partial charge is 0.322 e. The molecule has 4 nitrogen and oxygen atoms in total. The first-order valence-corrected chi connectivity index (χ1v) is 9.67. The Balaban J connectivity index is 1.45. The first-order chi connectivity index (χ1) is 12.6. The third kappa shape index (κ3) is 3.51. The van der Waals surface area contributed by atoms with Crippen molar-refractivity contribution in [1.82, 2.24) is 4.90 Å². The SMILES string of the molecule is Cc1cc(N2CCCC2)ccc1NC(=O)N1CCc2ccc(Cl)cc2C1. The Morgan fingerprint density at radius 2 is 1.85 bits per heavy atom. The number of halogens is 1. The van der Waals surface area contributed by atoms with Gasteiger partial charge in [0.1, 0.15) is 0 Å². The molecule has 5 heteroatoms. The van der Waals surface area contributed by atoms with Crippen LogP contribution >= 0.6 is 11.6 Å². The van der Waals surface area contributed by atoms with Gasteiger partial charge in [-0.25, -0.2) is 4.79 Å². The molecular weight excluding hydrogens is 346 g/mol. The Morgan fingerprint density at radius 3 is 2.62 bits per heavy atom. The van der Waals surface area contributed by atoms with Crippen LogP contribution in [0.1, 0.15) is 29.5 Å². The van der Waals surface area contributed by atoms with Crippen LogP contribution in [-0.2, 0) is 13.0 Å². The number of anilines is 2. The molecule has 136 valence electrons. The van der Waals surface area contributed by atoms with Gasteiger partial charge in [-0.3, -0.25) is 0 Å². The van der Waals surface area contributed by atoms with Crippen molar-refractivity contribution in [1.29, 1.82) is 0 Å². The van der Waals surface area contributed by atoms with E-state index in [1.807, 2.05) is 23.1 Å². The molecule has 2 heterocycles. The third-order valence-corrected chi connectivity index (χ3v) is 5.63. The van der Waals surface area contributed by atoms with Gasteiger partial charge in [-0.1, -0.05) is 17.7 Å². The van der Waals surface area contributed by atoms with E-state index in [1.54, 1.807) is 0 Å². The molecule has 0 radical (unpaired) electrons. The zero-order chi connectivity index (χ0) is 18.1. The molecule has 4 rings (SSSR count). The molecule has 2 aliphatic rings.